The highest BCUT2D eigenvalue weighted by molar-refractivity contribution is 5.05. The molecule has 3 aromatic rings. The van der Waals surface area contributed by atoms with Gasteiger partial charge in [-0.15, -0.1) is 0 Å². The van der Waals surface area contributed by atoms with Gasteiger partial charge in [-0.2, -0.15) is 15.3 Å². The molecule has 6 nitrogen and oxygen atoms in total. The van der Waals surface area contributed by atoms with Crippen molar-refractivity contribution in [1.82, 2.24) is 29.3 Å². The number of rotatable bonds is 6. The zero-order valence-electron chi connectivity index (χ0n) is 25.6. The maximum absolute atomic E-state index is 4.17. The van der Waals surface area contributed by atoms with Crippen LogP contribution in [0.2, 0.25) is 0 Å². The molecule has 0 saturated heterocycles. The lowest BCUT2D eigenvalue weighted by molar-refractivity contribution is 0.598. The molecule has 0 aliphatic rings. The number of aryl methyl sites for hydroxylation is 4. The first-order valence-electron chi connectivity index (χ1n) is 13.9. The molecule has 0 spiro atoms. The first-order valence-corrected chi connectivity index (χ1v) is 13.9. The van der Waals surface area contributed by atoms with E-state index >= 15 is 0 Å². The fourth-order valence-corrected chi connectivity index (χ4v) is 3.14. The average molecular weight is 491 g/mol. The summed E-state index contributed by atoms with van der Waals surface area (Å²) >= 11 is 0. The van der Waals surface area contributed by atoms with Gasteiger partial charge in [0, 0.05) is 55.3 Å². The molecule has 6 heteroatoms. The van der Waals surface area contributed by atoms with Crippen molar-refractivity contribution in [3.8, 4) is 0 Å². The standard InChI is InChI=1S/2C8H14N2.C7H12N2.3C2H6/c2*1-4-10-8(7(2)3)5-6-9-10;1-3-7-5-6-8-9(7)4-2;3*1-2/h2*5-7H,4H2,1-3H3;5-6H,3-4H2,1-2H3;3*1-2H3. The molecule has 204 valence electrons. The van der Waals surface area contributed by atoms with Crippen LogP contribution in [0.5, 0.6) is 0 Å². The molecular formula is C29H58N6. The van der Waals surface area contributed by atoms with Gasteiger partial charge < -0.3 is 0 Å². The van der Waals surface area contributed by atoms with Crippen LogP contribution in [0.4, 0.5) is 0 Å². The van der Waals surface area contributed by atoms with Crippen LogP contribution in [0.15, 0.2) is 36.8 Å². The van der Waals surface area contributed by atoms with Crippen LogP contribution in [0, 0.1) is 0 Å². The van der Waals surface area contributed by atoms with E-state index in [1.165, 1.54) is 17.1 Å². The van der Waals surface area contributed by atoms with Gasteiger partial charge in [0.15, 0.2) is 0 Å². The highest BCUT2D eigenvalue weighted by Crippen LogP contribution is 2.13. The number of nitrogens with zero attached hydrogens (tertiary/aromatic N) is 6. The van der Waals surface area contributed by atoms with E-state index in [0.29, 0.717) is 11.8 Å². The first kappa shape index (κ1) is 37.2. The third-order valence-electron chi connectivity index (χ3n) is 4.75. The van der Waals surface area contributed by atoms with E-state index in [-0.39, 0.29) is 0 Å². The molecule has 0 unspecified atom stereocenters. The van der Waals surface area contributed by atoms with Crippen LogP contribution in [0.25, 0.3) is 0 Å². The summed E-state index contributed by atoms with van der Waals surface area (Å²) < 4.78 is 6.08. The zero-order valence-corrected chi connectivity index (χ0v) is 25.6. The Labute approximate surface area is 218 Å². The SMILES string of the molecule is CC.CC.CC.CCc1ccnn1CC.CCn1nccc1C(C)C.CCn1nccc1C(C)C. The van der Waals surface area contributed by atoms with Gasteiger partial charge in [0.2, 0.25) is 0 Å². The Morgan fingerprint density at radius 2 is 0.857 bits per heavy atom. The van der Waals surface area contributed by atoms with Crippen molar-refractivity contribution >= 4 is 0 Å². The molecule has 3 heterocycles. The topological polar surface area (TPSA) is 53.5 Å². The monoisotopic (exact) mass is 490 g/mol. The zero-order chi connectivity index (χ0) is 27.8. The highest BCUT2D eigenvalue weighted by atomic mass is 15.3. The van der Waals surface area contributed by atoms with Crippen LogP contribution in [-0.4, -0.2) is 29.3 Å². The molecule has 0 radical (unpaired) electrons. The minimum Gasteiger partial charge on any atom is -0.270 e. The molecule has 3 aromatic heterocycles. The molecular weight excluding hydrogens is 432 g/mol. The minimum atomic E-state index is 0.586. The van der Waals surface area contributed by atoms with E-state index in [2.05, 4.69) is 88.9 Å². The molecule has 0 aromatic carbocycles. The van der Waals surface area contributed by atoms with E-state index < -0.39 is 0 Å². The van der Waals surface area contributed by atoms with E-state index in [0.717, 1.165) is 26.1 Å². The largest absolute Gasteiger partial charge is 0.270 e. The van der Waals surface area contributed by atoms with Crippen LogP contribution in [0.3, 0.4) is 0 Å². The van der Waals surface area contributed by atoms with Crippen LogP contribution in [-0.2, 0) is 26.1 Å². The molecule has 0 atom stereocenters. The Bertz CT molecular complexity index is 731. The Morgan fingerprint density at radius 1 is 0.543 bits per heavy atom. The van der Waals surface area contributed by atoms with Crippen molar-refractivity contribution in [1.29, 1.82) is 0 Å². The van der Waals surface area contributed by atoms with Crippen LogP contribution >= 0.6 is 0 Å². The number of hydrogen-bond acceptors (Lipinski definition) is 3. The van der Waals surface area contributed by atoms with Gasteiger partial charge in [-0.25, -0.2) is 0 Å². The second-order valence-corrected chi connectivity index (χ2v) is 7.44. The van der Waals surface area contributed by atoms with Gasteiger partial charge in [-0.05, 0) is 57.2 Å². The fourth-order valence-electron chi connectivity index (χ4n) is 3.14. The second kappa shape index (κ2) is 24.7. The predicted octanol–water partition coefficient (Wildman–Crippen LogP) is 8.60. The molecule has 0 N–H and O–H groups in total. The molecule has 0 fully saturated rings. The smallest absolute Gasteiger partial charge is 0.0492 e. The summed E-state index contributed by atoms with van der Waals surface area (Å²) in [6, 6.07) is 6.21. The third-order valence-corrected chi connectivity index (χ3v) is 4.75. The van der Waals surface area contributed by atoms with Crippen molar-refractivity contribution in [2.24, 2.45) is 0 Å². The maximum Gasteiger partial charge on any atom is 0.0492 e. The third kappa shape index (κ3) is 14.6. The Hall–Kier alpha value is -2.37. The van der Waals surface area contributed by atoms with Gasteiger partial charge in [0.05, 0.1) is 0 Å². The lowest BCUT2D eigenvalue weighted by Gasteiger charge is -2.06. The van der Waals surface area contributed by atoms with E-state index in [4.69, 9.17) is 0 Å². The highest BCUT2D eigenvalue weighted by Gasteiger charge is 2.04. The summed E-state index contributed by atoms with van der Waals surface area (Å²) in [7, 11) is 0. The van der Waals surface area contributed by atoms with Crippen LogP contribution in [0.1, 0.15) is 126 Å². The number of aromatic nitrogens is 6. The lowest BCUT2D eigenvalue weighted by Crippen LogP contribution is -2.03. The average Bonchev–Trinajstić information content (AvgIpc) is 3.68. The molecule has 0 amide bonds. The molecule has 35 heavy (non-hydrogen) atoms. The predicted molar refractivity (Wildman–Crippen MR) is 155 cm³/mol. The van der Waals surface area contributed by atoms with E-state index in [9.17, 15) is 0 Å². The Kier molecular flexibility index (Phi) is 26.3. The second-order valence-electron chi connectivity index (χ2n) is 7.44. The van der Waals surface area contributed by atoms with Crippen molar-refractivity contribution in [2.45, 2.75) is 135 Å². The maximum atomic E-state index is 4.17. The molecule has 0 aliphatic heterocycles. The minimum absolute atomic E-state index is 0.586. The van der Waals surface area contributed by atoms with Crippen LogP contribution < -0.4 is 0 Å². The first-order chi connectivity index (χ1) is 16.9. The molecule has 0 bridgehead atoms. The van der Waals surface area contributed by atoms with E-state index in [1.807, 2.05) is 74.2 Å². The molecule has 0 aliphatic carbocycles. The summed E-state index contributed by atoms with van der Waals surface area (Å²) in [4.78, 5) is 0. The summed E-state index contributed by atoms with van der Waals surface area (Å²) in [5.41, 5.74) is 3.96. The Morgan fingerprint density at radius 3 is 1.09 bits per heavy atom. The quantitative estimate of drug-likeness (QED) is 0.347. The summed E-state index contributed by atoms with van der Waals surface area (Å²) in [5, 5.41) is 12.5. The summed E-state index contributed by atoms with van der Waals surface area (Å²) in [5.74, 6) is 1.17. The van der Waals surface area contributed by atoms with E-state index in [1.54, 1.807) is 0 Å². The molecule has 3 rings (SSSR count). The summed E-state index contributed by atoms with van der Waals surface area (Å²) in [6.45, 7) is 32.1. The number of hydrogen-bond donors (Lipinski definition) is 0. The van der Waals surface area contributed by atoms with Crippen molar-refractivity contribution in [2.75, 3.05) is 0 Å². The summed E-state index contributed by atoms with van der Waals surface area (Å²) in [6.07, 6.45) is 6.65. The van der Waals surface area contributed by atoms with Gasteiger partial charge in [0.1, 0.15) is 0 Å². The van der Waals surface area contributed by atoms with Gasteiger partial charge >= 0.3 is 0 Å². The van der Waals surface area contributed by atoms with Gasteiger partial charge in [-0.3, -0.25) is 14.0 Å². The van der Waals surface area contributed by atoms with Crippen molar-refractivity contribution < 1.29 is 0 Å². The van der Waals surface area contributed by atoms with Crippen molar-refractivity contribution in [3.63, 3.8) is 0 Å². The Balaban J connectivity index is -0.000000396. The van der Waals surface area contributed by atoms with Crippen molar-refractivity contribution in [3.05, 3.63) is 53.9 Å². The lowest BCUT2D eigenvalue weighted by atomic mass is 10.1. The normalized spacial score (nSPS) is 9.26. The fraction of sp³-hybridized carbons (Fsp3) is 0.690. The van der Waals surface area contributed by atoms with Gasteiger partial charge in [0.25, 0.3) is 0 Å². The van der Waals surface area contributed by atoms with Gasteiger partial charge in [-0.1, -0.05) is 76.2 Å². The molecule has 0 saturated carbocycles.